The van der Waals surface area contributed by atoms with Crippen molar-refractivity contribution in [1.82, 2.24) is 10.3 Å². The van der Waals surface area contributed by atoms with Crippen molar-refractivity contribution < 1.29 is 13.6 Å². The van der Waals surface area contributed by atoms with Gasteiger partial charge in [-0.05, 0) is 31.2 Å². The Bertz CT molecular complexity index is 659. The number of carbonyl (C=O) groups is 1. The maximum atomic E-state index is 13.0. The lowest BCUT2D eigenvalue weighted by Gasteiger charge is -2.14. The topological polar surface area (TPSA) is 68.0 Å². The van der Waals surface area contributed by atoms with Gasteiger partial charge in [0.15, 0.2) is 0 Å². The molecular formula is C15H17F2N3OS2. The van der Waals surface area contributed by atoms with Crippen LogP contribution in [0.25, 0.3) is 0 Å². The van der Waals surface area contributed by atoms with E-state index in [2.05, 4.69) is 10.3 Å². The lowest BCUT2D eigenvalue weighted by molar-refractivity contribution is 0.0118. The van der Waals surface area contributed by atoms with Crippen LogP contribution in [0, 0.1) is 6.92 Å². The lowest BCUT2D eigenvalue weighted by atomic mass is 10.2. The molecule has 0 bridgehead atoms. The normalized spacial score (nSPS) is 11.5. The van der Waals surface area contributed by atoms with E-state index < -0.39 is 24.9 Å². The molecule has 1 heterocycles. The van der Waals surface area contributed by atoms with Crippen molar-refractivity contribution in [3.05, 3.63) is 45.9 Å². The van der Waals surface area contributed by atoms with Gasteiger partial charge in [0.05, 0.1) is 23.8 Å². The number of thiazole rings is 1. The summed E-state index contributed by atoms with van der Waals surface area (Å²) in [5.74, 6) is -2.87. The van der Waals surface area contributed by atoms with E-state index in [0.717, 1.165) is 21.3 Å². The predicted molar refractivity (Wildman–Crippen MR) is 89.2 cm³/mol. The van der Waals surface area contributed by atoms with Crippen molar-refractivity contribution >= 4 is 29.0 Å². The van der Waals surface area contributed by atoms with Gasteiger partial charge in [0.1, 0.15) is 0 Å². The van der Waals surface area contributed by atoms with Gasteiger partial charge in [0, 0.05) is 21.6 Å². The molecule has 0 aliphatic heterocycles. The van der Waals surface area contributed by atoms with Gasteiger partial charge in [0.2, 0.25) is 0 Å². The minimum Gasteiger partial charge on any atom is -0.346 e. The van der Waals surface area contributed by atoms with Crippen LogP contribution in [0.5, 0.6) is 0 Å². The molecule has 0 saturated carbocycles. The van der Waals surface area contributed by atoms with Crippen LogP contribution in [0.2, 0.25) is 0 Å². The third kappa shape index (κ3) is 5.56. The number of aromatic nitrogens is 1. The van der Waals surface area contributed by atoms with Gasteiger partial charge in [-0.2, -0.15) is 0 Å². The molecule has 3 N–H and O–H groups in total. The van der Waals surface area contributed by atoms with Gasteiger partial charge >= 0.3 is 0 Å². The van der Waals surface area contributed by atoms with Crippen LogP contribution in [0.15, 0.2) is 34.5 Å². The van der Waals surface area contributed by atoms with E-state index in [1.807, 2.05) is 12.3 Å². The van der Waals surface area contributed by atoms with Crippen molar-refractivity contribution in [1.29, 1.82) is 0 Å². The Hall–Kier alpha value is -1.51. The molecule has 0 radical (unpaired) electrons. The van der Waals surface area contributed by atoms with Gasteiger partial charge in [-0.3, -0.25) is 4.79 Å². The summed E-state index contributed by atoms with van der Waals surface area (Å²) in [7, 11) is 0. The standard InChI is InChI=1S/C15H17F2N3OS2/c1-10-20-12(6-22-10)7-23-13-4-2-11(3-5-13)14(21)19-9-15(16,17)8-18/h2-6H,7-9,18H2,1H3,(H,19,21). The van der Waals surface area contributed by atoms with Gasteiger partial charge in [0.25, 0.3) is 11.8 Å². The largest absolute Gasteiger partial charge is 0.346 e. The Morgan fingerprint density at radius 1 is 1.39 bits per heavy atom. The molecule has 0 spiro atoms. The fraction of sp³-hybridized carbons (Fsp3) is 0.333. The van der Waals surface area contributed by atoms with E-state index in [9.17, 15) is 13.6 Å². The molecule has 1 aromatic carbocycles. The summed E-state index contributed by atoms with van der Waals surface area (Å²) in [4.78, 5) is 17.2. The molecule has 0 aliphatic carbocycles. The van der Waals surface area contributed by atoms with Crippen molar-refractivity contribution in [2.75, 3.05) is 13.1 Å². The Morgan fingerprint density at radius 3 is 2.65 bits per heavy atom. The molecule has 8 heteroatoms. The second-order valence-corrected chi connectivity index (χ2v) is 7.02. The fourth-order valence-electron chi connectivity index (χ4n) is 1.72. The molecule has 4 nitrogen and oxygen atoms in total. The number of alkyl halides is 2. The van der Waals surface area contributed by atoms with E-state index in [4.69, 9.17) is 5.73 Å². The van der Waals surface area contributed by atoms with Crippen LogP contribution >= 0.6 is 23.1 Å². The summed E-state index contributed by atoms with van der Waals surface area (Å²) in [6, 6.07) is 6.81. The number of halogens is 2. The van der Waals surface area contributed by atoms with E-state index in [0.29, 0.717) is 5.56 Å². The maximum absolute atomic E-state index is 13.0. The van der Waals surface area contributed by atoms with Gasteiger partial charge < -0.3 is 11.1 Å². The molecule has 0 fully saturated rings. The monoisotopic (exact) mass is 357 g/mol. The average Bonchev–Trinajstić information content (AvgIpc) is 2.97. The van der Waals surface area contributed by atoms with Crippen LogP contribution < -0.4 is 11.1 Å². The summed E-state index contributed by atoms with van der Waals surface area (Å²) in [6.07, 6.45) is 0. The first-order chi connectivity index (χ1) is 10.9. The van der Waals surface area contributed by atoms with Gasteiger partial charge in [-0.15, -0.1) is 23.1 Å². The molecule has 124 valence electrons. The number of carbonyl (C=O) groups excluding carboxylic acids is 1. The molecule has 1 amide bonds. The number of amides is 1. The number of aryl methyl sites for hydroxylation is 1. The van der Waals surface area contributed by atoms with E-state index in [-0.39, 0.29) is 0 Å². The number of hydrogen-bond donors (Lipinski definition) is 2. The minimum absolute atomic E-state index is 0.340. The number of rotatable bonds is 7. The van der Waals surface area contributed by atoms with Gasteiger partial charge in [-0.1, -0.05) is 0 Å². The van der Waals surface area contributed by atoms with Crippen LogP contribution in [0.1, 0.15) is 21.1 Å². The Balaban J connectivity index is 1.87. The zero-order chi connectivity index (χ0) is 16.9. The molecule has 0 aliphatic rings. The Labute approximate surface area is 141 Å². The predicted octanol–water partition coefficient (Wildman–Crippen LogP) is 3.07. The Morgan fingerprint density at radius 2 is 2.09 bits per heavy atom. The molecular weight excluding hydrogens is 340 g/mol. The molecule has 1 aromatic heterocycles. The number of benzene rings is 1. The zero-order valence-electron chi connectivity index (χ0n) is 12.5. The molecule has 2 rings (SSSR count). The van der Waals surface area contributed by atoms with Crippen molar-refractivity contribution in [3.8, 4) is 0 Å². The summed E-state index contributed by atoms with van der Waals surface area (Å²) < 4.78 is 26.0. The Kier molecular flexibility index (Phi) is 6.09. The first kappa shape index (κ1) is 17.8. The summed E-state index contributed by atoms with van der Waals surface area (Å²) in [5.41, 5.74) is 6.28. The van der Waals surface area contributed by atoms with E-state index >= 15 is 0 Å². The number of hydrogen-bond acceptors (Lipinski definition) is 5. The highest BCUT2D eigenvalue weighted by molar-refractivity contribution is 7.98. The molecule has 0 atom stereocenters. The number of thioether (sulfide) groups is 1. The van der Waals surface area contributed by atoms with Crippen LogP contribution in [-0.4, -0.2) is 29.9 Å². The number of nitrogens with zero attached hydrogens (tertiary/aromatic N) is 1. The van der Waals surface area contributed by atoms with E-state index in [1.54, 1.807) is 47.4 Å². The second kappa shape index (κ2) is 7.85. The summed E-state index contributed by atoms with van der Waals surface area (Å²) in [5, 5.41) is 5.23. The second-order valence-electron chi connectivity index (χ2n) is 4.91. The summed E-state index contributed by atoms with van der Waals surface area (Å²) >= 11 is 3.21. The highest BCUT2D eigenvalue weighted by Gasteiger charge is 2.27. The molecule has 0 unspecified atom stereocenters. The smallest absolute Gasteiger partial charge is 0.277 e. The molecule has 2 aromatic rings. The van der Waals surface area contributed by atoms with Crippen molar-refractivity contribution in [2.45, 2.75) is 23.5 Å². The van der Waals surface area contributed by atoms with Crippen LogP contribution in [0.3, 0.4) is 0 Å². The number of nitrogens with one attached hydrogen (secondary N) is 1. The highest BCUT2D eigenvalue weighted by Crippen LogP contribution is 2.23. The number of nitrogens with two attached hydrogens (primary N) is 1. The summed E-state index contributed by atoms with van der Waals surface area (Å²) in [6.45, 7) is 0.404. The SMILES string of the molecule is Cc1nc(CSc2ccc(C(=O)NCC(F)(F)CN)cc2)cs1. The van der Waals surface area contributed by atoms with Crippen LogP contribution in [-0.2, 0) is 5.75 Å². The quantitative estimate of drug-likeness (QED) is 0.748. The minimum atomic E-state index is -3.09. The molecule has 23 heavy (non-hydrogen) atoms. The fourth-order valence-corrected chi connectivity index (χ4v) is 3.23. The van der Waals surface area contributed by atoms with Crippen molar-refractivity contribution in [3.63, 3.8) is 0 Å². The van der Waals surface area contributed by atoms with Gasteiger partial charge in [-0.25, -0.2) is 13.8 Å². The first-order valence-corrected chi connectivity index (χ1v) is 8.76. The maximum Gasteiger partial charge on any atom is 0.277 e. The highest BCUT2D eigenvalue weighted by atomic mass is 32.2. The molecule has 0 saturated heterocycles. The van der Waals surface area contributed by atoms with Crippen molar-refractivity contribution in [2.24, 2.45) is 5.73 Å². The third-order valence-corrected chi connectivity index (χ3v) is 4.84. The average molecular weight is 357 g/mol. The third-order valence-electron chi connectivity index (χ3n) is 2.98. The van der Waals surface area contributed by atoms with Crippen LogP contribution in [0.4, 0.5) is 8.78 Å². The first-order valence-electron chi connectivity index (χ1n) is 6.89. The zero-order valence-corrected chi connectivity index (χ0v) is 14.1. The lowest BCUT2D eigenvalue weighted by Crippen LogP contribution is -2.41. The van der Waals surface area contributed by atoms with E-state index in [1.165, 1.54) is 0 Å².